The summed E-state index contributed by atoms with van der Waals surface area (Å²) < 4.78 is 13.1. The lowest BCUT2D eigenvalue weighted by Gasteiger charge is -2.11. The fraction of sp³-hybridized carbons (Fsp3) is 0.240. The van der Waals surface area contributed by atoms with E-state index in [9.17, 15) is 4.79 Å². The zero-order chi connectivity index (χ0) is 22.7. The number of carbonyl (C=O) groups excluding carboxylic acids is 1. The number of benzene rings is 2. The molecule has 0 bridgehead atoms. The number of hydrogen-bond acceptors (Lipinski definition) is 5. The summed E-state index contributed by atoms with van der Waals surface area (Å²) in [5.74, 6) is 1.40. The summed E-state index contributed by atoms with van der Waals surface area (Å²) in [6, 6.07) is 17.8. The Balaban J connectivity index is 1.47. The molecular weight excluding hydrogens is 404 g/mol. The minimum absolute atomic E-state index is 0.184. The first-order chi connectivity index (χ1) is 15.4. The van der Waals surface area contributed by atoms with Crippen molar-refractivity contribution >= 4 is 11.7 Å². The molecule has 0 unspecified atom stereocenters. The van der Waals surface area contributed by atoms with Gasteiger partial charge >= 0.3 is 0 Å². The van der Waals surface area contributed by atoms with Crippen LogP contribution in [0.1, 0.15) is 44.2 Å². The number of amides is 1. The van der Waals surface area contributed by atoms with Crippen molar-refractivity contribution in [1.82, 2.24) is 14.9 Å². The van der Waals surface area contributed by atoms with E-state index >= 15 is 0 Å². The molecule has 0 aliphatic heterocycles. The molecule has 0 aliphatic rings. The molecule has 0 aliphatic carbocycles. The van der Waals surface area contributed by atoms with E-state index in [0.717, 1.165) is 28.1 Å². The molecule has 0 saturated carbocycles. The molecule has 0 spiro atoms. The van der Waals surface area contributed by atoms with Gasteiger partial charge in [0.05, 0.1) is 12.1 Å². The maximum Gasteiger partial charge on any atom is 0.279 e. The van der Waals surface area contributed by atoms with Crippen LogP contribution in [0.3, 0.4) is 0 Å². The molecule has 0 atom stereocenters. The zero-order valence-corrected chi connectivity index (χ0v) is 18.7. The summed E-state index contributed by atoms with van der Waals surface area (Å²) in [4.78, 5) is 12.9. The molecule has 0 saturated heterocycles. The minimum atomic E-state index is -0.384. The summed E-state index contributed by atoms with van der Waals surface area (Å²) >= 11 is 0. The van der Waals surface area contributed by atoms with Crippen LogP contribution in [0.5, 0.6) is 5.75 Å². The molecule has 2 heterocycles. The van der Waals surface area contributed by atoms with Crippen LogP contribution < -0.4 is 10.1 Å². The third-order valence-corrected chi connectivity index (χ3v) is 5.52. The SMILES string of the molecule is Cc1cccc(OCc2c(C(=O)Nc3cc(C)n(Cc4ccccc4)n3)noc2C)c1C. The molecule has 1 amide bonds. The zero-order valence-electron chi connectivity index (χ0n) is 18.7. The predicted octanol–water partition coefficient (Wildman–Crippen LogP) is 4.98. The number of anilines is 1. The Bertz CT molecular complexity index is 1240. The van der Waals surface area contributed by atoms with Gasteiger partial charge in [-0.15, -0.1) is 0 Å². The second-order valence-corrected chi connectivity index (χ2v) is 7.82. The van der Waals surface area contributed by atoms with E-state index in [-0.39, 0.29) is 18.2 Å². The molecule has 32 heavy (non-hydrogen) atoms. The van der Waals surface area contributed by atoms with Gasteiger partial charge in [0, 0.05) is 11.8 Å². The van der Waals surface area contributed by atoms with Gasteiger partial charge in [-0.3, -0.25) is 9.48 Å². The van der Waals surface area contributed by atoms with Gasteiger partial charge in [-0.2, -0.15) is 5.10 Å². The molecule has 0 radical (unpaired) electrons. The Kier molecular flexibility index (Phi) is 6.07. The van der Waals surface area contributed by atoms with E-state index in [0.29, 0.717) is 23.7 Å². The van der Waals surface area contributed by atoms with Gasteiger partial charge in [0.2, 0.25) is 0 Å². The Hall–Kier alpha value is -3.87. The van der Waals surface area contributed by atoms with E-state index in [1.54, 1.807) is 6.92 Å². The molecule has 164 valence electrons. The normalized spacial score (nSPS) is 10.9. The van der Waals surface area contributed by atoms with Gasteiger partial charge in [-0.1, -0.05) is 47.6 Å². The van der Waals surface area contributed by atoms with Gasteiger partial charge < -0.3 is 14.6 Å². The number of aromatic nitrogens is 3. The number of carbonyl (C=O) groups is 1. The van der Waals surface area contributed by atoms with E-state index in [2.05, 4.69) is 15.6 Å². The maximum atomic E-state index is 12.9. The first kappa shape index (κ1) is 21.4. The predicted molar refractivity (Wildman–Crippen MR) is 122 cm³/mol. The maximum absolute atomic E-state index is 12.9. The molecule has 1 N–H and O–H groups in total. The van der Waals surface area contributed by atoms with Crippen molar-refractivity contribution in [3.05, 3.63) is 94.0 Å². The summed E-state index contributed by atoms with van der Waals surface area (Å²) in [5, 5.41) is 11.3. The number of ether oxygens (including phenoxy) is 1. The standard InChI is InChI=1S/C25H26N4O3/c1-16-9-8-12-22(18(16)3)31-15-21-19(4)32-28-24(21)25(30)26-23-13-17(2)29(27-23)14-20-10-6-5-7-11-20/h5-13H,14-15H2,1-4H3,(H,26,27,30). The van der Waals surface area contributed by atoms with Crippen molar-refractivity contribution in [1.29, 1.82) is 0 Å². The van der Waals surface area contributed by atoms with Crippen LogP contribution in [0, 0.1) is 27.7 Å². The van der Waals surface area contributed by atoms with Crippen LogP contribution in [0.4, 0.5) is 5.82 Å². The third-order valence-electron chi connectivity index (χ3n) is 5.52. The number of aryl methyl sites for hydroxylation is 3. The Labute approximate surface area is 187 Å². The number of nitrogens with zero attached hydrogens (tertiary/aromatic N) is 3. The van der Waals surface area contributed by atoms with Crippen LogP contribution in [0.15, 0.2) is 59.1 Å². The van der Waals surface area contributed by atoms with Gasteiger partial charge in [0.1, 0.15) is 18.1 Å². The van der Waals surface area contributed by atoms with Crippen molar-refractivity contribution in [2.45, 2.75) is 40.8 Å². The molecule has 4 rings (SSSR count). The van der Waals surface area contributed by atoms with Crippen molar-refractivity contribution in [3.63, 3.8) is 0 Å². The van der Waals surface area contributed by atoms with Crippen molar-refractivity contribution in [2.24, 2.45) is 0 Å². The van der Waals surface area contributed by atoms with Crippen LogP contribution >= 0.6 is 0 Å². The fourth-order valence-corrected chi connectivity index (χ4v) is 3.43. The third kappa shape index (κ3) is 4.56. The Morgan fingerprint density at radius 1 is 1.06 bits per heavy atom. The van der Waals surface area contributed by atoms with Crippen LogP contribution in [0.25, 0.3) is 0 Å². The highest BCUT2D eigenvalue weighted by Gasteiger charge is 2.22. The summed E-state index contributed by atoms with van der Waals surface area (Å²) in [5.41, 5.74) is 5.09. The molecule has 7 heteroatoms. The quantitative estimate of drug-likeness (QED) is 0.447. The molecule has 4 aromatic rings. The summed E-state index contributed by atoms with van der Waals surface area (Å²) in [6.45, 7) is 8.57. The monoisotopic (exact) mass is 430 g/mol. The largest absolute Gasteiger partial charge is 0.488 e. The lowest BCUT2D eigenvalue weighted by Crippen LogP contribution is -2.16. The van der Waals surface area contributed by atoms with Crippen LogP contribution in [-0.2, 0) is 13.2 Å². The van der Waals surface area contributed by atoms with Gasteiger partial charge in [0.15, 0.2) is 11.5 Å². The highest BCUT2D eigenvalue weighted by Crippen LogP contribution is 2.24. The number of rotatable bonds is 7. The average molecular weight is 431 g/mol. The highest BCUT2D eigenvalue weighted by atomic mass is 16.5. The second-order valence-electron chi connectivity index (χ2n) is 7.82. The molecule has 7 nitrogen and oxygen atoms in total. The lowest BCUT2D eigenvalue weighted by molar-refractivity contribution is 0.101. The van der Waals surface area contributed by atoms with Crippen LogP contribution in [-0.4, -0.2) is 20.8 Å². The van der Waals surface area contributed by atoms with E-state index < -0.39 is 0 Å². The van der Waals surface area contributed by atoms with Gasteiger partial charge in [-0.25, -0.2) is 0 Å². The molecule has 2 aromatic heterocycles. The number of hydrogen-bond donors (Lipinski definition) is 1. The fourth-order valence-electron chi connectivity index (χ4n) is 3.43. The van der Waals surface area contributed by atoms with Crippen molar-refractivity contribution in [2.75, 3.05) is 5.32 Å². The number of nitrogens with one attached hydrogen (secondary N) is 1. The Morgan fingerprint density at radius 3 is 2.62 bits per heavy atom. The lowest BCUT2D eigenvalue weighted by atomic mass is 10.1. The minimum Gasteiger partial charge on any atom is -0.488 e. The van der Waals surface area contributed by atoms with Crippen LogP contribution in [0.2, 0.25) is 0 Å². The van der Waals surface area contributed by atoms with Crippen molar-refractivity contribution in [3.8, 4) is 5.75 Å². The Morgan fingerprint density at radius 2 is 1.84 bits per heavy atom. The van der Waals surface area contributed by atoms with E-state index in [1.807, 2.05) is 80.1 Å². The first-order valence-electron chi connectivity index (χ1n) is 10.5. The highest BCUT2D eigenvalue weighted by molar-refractivity contribution is 6.03. The van der Waals surface area contributed by atoms with E-state index in [4.69, 9.17) is 9.26 Å². The second kappa shape index (κ2) is 9.09. The summed E-state index contributed by atoms with van der Waals surface area (Å²) in [6.07, 6.45) is 0. The topological polar surface area (TPSA) is 82.2 Å². The van der Waals surface area contributed by atoms with Gasteiger partial charge in [0.25, 0.3) is 5.91 Å². The molecule has 0 fully saturated rings. The smallest absolute Gasteiger partial charge is 0.279 e. The molecule has 2 aromatic carbocycles. The van der Waals surface area contributed by atoms with Crippen molar-refractivity contribution < 1.29 is 14.1 Å². The summed E-state index contributed by atoms with van der Waals surface area (Å²) in [7, 11) is 0. The molecular formula is C25H26N4O3. The van der Waals surface area contributed by atoms with Gasteiger partial charge in [-0.05, 0) is 50.5 Å². The first-order valence-corrected chi connectivity index (χ1v) is 10.5. The van der Waals surface area contributed by atoms with E-state index in [1.165, 1.54) is 0 Å². The average Bonchev–Trinajstić information content (AvgIpc) is 3.31.